The number of Topliss-reactive ketones (excluding diaryl/α,β-unsaturated/α-hetero) is 1. The molecule has 2 nitrogen and oxygen atoms in total. The number of nitrogens with zero attached hydrogens (tertiary/aromatic N) is 1. The van der Waals surface area contributed by atoms with Crippen LogP contribution in [0.4, 0.5) is 0 Å². The van der Waals surface area contributed by atoms with Gasteiger partial charge in [-0.25, -0.2) is 0 Å². The second-order valence-electron chi connectivity index (χ2n) is 5.60. The largest absolute Gasteiger partial charge is 0.292 e. The van der Waals surface area contributed by atoms with E-state index in [0.29, 0.717) is 0 Å². The van der Waals surface area contributed by atoms with Crippen molar-refractivity contribution in [1.29, 1.82) is 0 Å². The van der Waals surface area contributed by atoms with Crippen LogP contribution in [0.2, 0.25) is 0 Å². The number of carbonyl (C=O) groups excluding carboxylic acids is 1. The summed E-state index contributed by atoms with van der Waals surface area (Å²) in [4.78, 5) is 14.8. The summed E-state index contributed by atoms with van der Waals surface area (Å²) in [5.41, 5.74) is 1.44. The third kappa shape index (κ3) is 3.14. The Morgan fingerprint density at radius 3 is 2.00 bits per heavy atom. The second kappa shape index (κ2) is 6.02. The van der Waals surface area contributed by atoms with Gasteiger partial charge in [-0.15, -0.1) is 0 Å². The van der Waals surface area contributed by atoms with Gasteiger partial charge in [-0.3, -0.25) is 9.69 Å². The zero-order valence-corrected chi connectivity index (χ0v) is 12.3. The molecule has 2 rings (SSSR count). The molecular formula is C18H21NO. The molecule has 2 aromatic carbocycles. The van der Waals surface area contributed by atoms with Crippen LogP contribution < -0.4 is 0 Å². The lowest BCUT2D eigenvalue weighted by molar-refractivity contribution is 0.0691. The first-order valence-corrected chi connectivity index (χ1v) is 6.87. The van der Waals surface area contributed by atoms with Crippen LogP contribution >= 0.6 is 0 Å². The van der Waals surface area contributed by atoms with Gasteiger partial charge in [0.1, 0.15) is 0 Å². The average Bonchev–Trinajstić information content (AvgIpc) is 2.48. The van der Waals surface area contributed by atoms with Crippen molar-refractivity contribution >= 4 is 5.78 Å². The first kappa shape index (κ1) is 14.5. The molecule has 2 heteroatoms. The molecule has 0 unspecified atom stereocenters. The summed E-state index contributed by atoms with van der Waals surface area (Å²) in [7, 11) is 1.99. The predicted molar refractivity (Wildman–Crippen MR) is 82.8 cm³/mol. The summed E-state index contributed by atoms with van der Waals surface area (Å²) in [5.74, 6) is 0.150. The van der Waals surface area contributed by atoms with Crippen molar-refractivity contribution in [2.75, 3.05) is 7.05 Å². The van der Waals surface area contributed by atoms with Gasteiger partial charge in [0.15, 0.2) is 5.78 Å². The van der Waals surface area contributed by atoms with Crippen molar-refractivity contribution in [3.63, 3.8) is 0 Å². The average molecular weight is 267 g/mol. The van der Waals surface area contributed by atoms with Gasteiger partial charge in [0.25, 0.3) is 0 Å². The second-order valence-corrected chi connectivity index (χ2v) is 5.60. The van der Waals surface area contributed by atoms with Gasteiger partial charge >= 0.3 is 0 Å². The number of carbonyl (C=O) groups is 1. The molecule has 0 fully saturated rings. The normalized spacial score (nSPS) is 11.6. The Bertz CT molecular complexity index is 560. The summed E-state index contributed by atoms with van der Waals surface area (Å²) >= 11 is 0. The summed E-state index contributed by atoms with van der Waals surface area (Å²) in [6, 6.07) is 19.7. The third-order valence-electron chi connectivity index (χ3n) is 3.81. The Morgan fingerprint density at radius 1 is 0.950 bits per heavy atom. The van der Waals surface area contributed by atoms with E-state index in [-0.39, 0.29) is 5.78 Å². The van der Waals surface area contributed by atoms with Gasteiger partial charge < -0.3 is 0 Å². The van der Waals surface area contributed by atoms with E-state index in [0.717, 1.165) is 12.1 Å². The van der Waals surface area contributed by atoms with Crippen molar-refractivity contribution in [2.24, 2.45) is 0 Å². The molecule has 20 heavy (non-hydrogen) atoms. The lowest BCUT2D eigenvalue weighted by atomic mass is 9.91. The van der Waals surface area contributed by atoms with E-state index in [4.69, 9.17) is 0 Å². The van der Waals surface area contributed by atoms with Crippen molar-refractivity contribution < 1.29 is 4.79 Å². The van der Waals surface area contributed by atoms with Crippen LogP contribution in [0.25, 0.3) is 0 Å². The molecule has 0 amide bonds. The lowest BCUT2D eigenvalue weighted by Crippen LogP contribution is -2.47. The minimum atomic E-state index is -0.531. The molecule has 104 valence electrons. The van der Waals surface area contributed by atoms with Crippen LogP contribution in [-0.4, -0.2) is 23.3 Å². The Hall–Kier alpha value is -1.93. The van der Waals surface area contributed by atoms with E-state index in [9.17, 15) is 4.79 Å². The molecule has 0 atom stereocenters. The molecular weight excluding hydrogens is 246 g/mol. The lowest BCUT2D eigenvalue weighted by Gasteiger charge is -2.34. The molecule has 0 aromatic heterocycles. The molecule has 2 aromatic rings. The fourth-order valence-corrected chi connectivity index (χ4v) is 2.17. The van der Waals surface area contributed by atoms with E-state index in [2.05, 4.69) is 17.0 Å². The number of ketones is 1. The maximum Gasteiger partial charge on any atom is 0.182 e. The molecule has 0 radical (unpaired) electrons. The van der Waals surface area contributed by atoms with Crippen LogP contribution in [0.3, 0.4) is 0 Å². The quantitative estimate of drug-likeness (QED) is 0.768. The Morgan fingerprint density at radius 2 is 1.45 bits per heavy atom. The Balaban J connectivity index is 2.15. The number of hydrogen-bond acceptors (Lipinski definition) is 2. The smallest absolute Gasteiger partial charge is 0.182 e. The van der Waals surface area contributed by atoms with Gasteiger partial charge in [-0.05, 0) is 26.5 Å². The van der Waals surface area contributed by atoms with Crippen molar-refractivity contribution in [1.82, 2.24) is 4.90 Å². The van der Waals surface area contributed by atoms with Crippen LogP contribution in [0.15, 0.2) is 60.7 Å². The van der Waals surface area contributed by atoms with Crippen molar-refractivity contribution in [3.8, 4) is 0 Å². The van der Waals surface area contributed by atoms with E-state index in [1.165, 1.54) is 5.56 Å². The highest BCUT2D eigenvalue weighted by molar-refractivity contribution is 6.02. The Kier molecular flexibility index (Phi) is 4.35. The summed E-state index contributed by atoms with van der Waals surface area (Å²) in [6.07, 6.45) is 0. The van der Waals surface area contributed by atoms with E-state index < -0.39 is 5.54 Å². The highest BCUT2D eigenvalue weighted by atomic mass is 16.1. The molecule has 0 N–H and O–H groups in total. The van der Waals surface area contributed by atoms with Crippen molar-refractivity contribution in [3.05, 3.63) is 71.8 Å². The predicted octanol–water partition coefficient (Wildman–Crippen LogP) is 3.78. The van der Waals surface area contributed by atoms with Crippen LogP contribution in [0.5, 0.6) is 0 Å². The molecule has 0 spiro atoms. The maximum absolute atomic E-state index is 12.7. The van der Waals surface area contributed by atoms with Crippen LogP contribution in [-0.2, 0) is 6.54 Å². The zero-order valence-electron chi connectivity index (χ0n) is 12.3. The molecule has 0 aliphatic heterocycles. The number of likely N-dealkylation sites (N-methyl/N-ethyl adjacent to an activating group) is 1. The number of rotatable bonds is 5. The monoisotopic (exact) mass is 267 g/mol. The standard InChI is InChI=1S/C18H21NO/c1-18(2,17(20)16-12-8-5-9-13-16)19(3)14-15-10-6-4-7-11-15/h4-13H,14H2,1-3H3. The zero-order chi connectivity index (χ0) is 14.6. The van der Waals surface area contributed by atoms with Gasteiger partial charge in [0.2, 0.25) is 0 Å². The van der Waals surface area contributed by atoms with Crippen molar-refractivity contribution in [2.45, 2.75) is 25.9 Å². The van der Waals surface area contributed by atoms with Gasteiger partial charge in [-0.1, -0.05) is 60.7 Å². The fourth-order valence-electron chi connectivity index (χ4n) is 2.17. The fraction of sp³-hybridized carbons (Fsp3) is 0.278. The molecule has 0 bridgehead atoms. The van der Waals surface area contributed by atoms with Gasteiger partial charge in [-0.2, -0.15) is 0 Å². The minimum absolute atomic E-state index is 0.150. The van der Waals surface area contributed by atoms with E-state index in [1.54, 1.807) is 0 Å². The minimum Gasteiger partial charge on any atom is -0.292 e. The molecule has 0 heterocycles. The van der Waals surface area contributed by atoms with Gasteiger partial charge in [0, 0.05) is 12.1 Å². The topological polar surface area (TPSA) is 20.3 Å². The Labute approximate surface area is 121 Å². The first-order chi connectivity index (χ1) is 9.51. The molecule has 0 saturated carbocycles. The summed E-state index contributed by atoms with van der Waals surface area (Å²) < 4.78 is 0. The van der Waals surface area contributed by atoms with E-state index in [1.807, 2.05) is 69.4 Å². The van der Waals surface area contributed by atoms with Gasteiger partial charge in [0.05, 0.1) is 5.54 Å². The number of benzene rings is 2. The summed E-state index contributed by atoms with van der Waals surface area (Å²) in [5, 5.41) is 0. The summed E-state index contributed by atoms with van der Waals surface area (Å²) in [6.45, 7) is 4.71. The van der Waals surface area contributed by atoms with Crippen LogP contribution in [0.1, 0.15) is 29.8 Å². The third-order valence-corrected chi connectivity index (χ3v) is 3.81. The molecule has 0 aliphatic carbocycles. The molecule has 0 saturated heterocycles. The molecule has 0 aliphatic rings. The number of hydrogen-bond donors (Lipinski definition) is 0. The highest BCUT2D eigenvalue weighted by Crippen LogP contribution is 2.21. The SMILES string of the molecule is CN(Cc1ccccc1)C(C)(C)C(=O)c1ccccc1. The van der Waals surface area contributed by atoms with Crippen LogP contribution in [0, 0.1) is 0 Å². The first-order valence-electron chi connectivity index (χ1n) is 6.87. The highest BCUT2D eigenvalue weighted by Gasteiger charge is 2.32. The van der Waals surface area contributed by atoms with E-state index >= 15 is 0 Å². The maximum atomic E-state index is 12.7.